The van der Waals surface area contributed by atoms with Crippen LogP contribution in [0.2, 0.25) is 0 Å². The Bertz CT molecular complexity index is 607. The fraction of sp³-hybridized carbons (Fsp3) is 0.556. The molecule has 0 aliphatic carbocycles. The minimum atomic E-state index is -0.601. The SMILES string of the molecule is CC(=O)OC[C@H]1OC[C@@H]2CN(Cc3ccccc3)O[C@@H]2[C@H]1OC(C)=O. The molecule has 7 heteroatoms. The van der Waals surface area contributed by atoms with Crippen LogP contribution in [0.25, 0.3) is 0 Å². The van der Waals surface area contributed by atoms with Crippen molar-refractivity contribution in [2.24, 2.45) is 5.92 Å². The second-order valence-corrected chi connectivity index (χ2v) is 6.39. The Labute approximate surface area is 146 Å². The Kier molecular flexibility index (Phi) is 5.67. The summed E-state index contributed by atoms with van der Waals surface area (Å²) in [5.41, 5.74) is 1.14. The van der Waals surface area contributed by atoms with Gasteiger partial charge in [-0.1, -0.05) is 30.3 Å². The van der Waals surface area contributed by atoms with Crippen LogP contribution in [-0.2, 0) is 35.2 Å². The molecule has 2 aliphatic rings. The summed E-state index contributed by atoms with van der Waals surface area (Å²) in [7, 11) is 0. The van der Waals surface area contributed by atoms with E-state index < -0.39 is 24.1 Å². The number of nitrogens with zero attached hydrogens (tertiary/aromatic N) is 1. The molecule has 0 amide bonds. The molecule has 136 valence electrons. The molecule has 2 heterocycles. The normalized spacial score (nSPS) is 29.0. The summed E-state index contributed by atoms with van der Waals surface area (Å²) < 4.78 is 16.3. The average Bonchev–Trinajstić information content (AvgIpc) is 2.97. The molecule has 0 N–H and O–H groups in total. The zero-order chi connectivity index (χ0) is 17.8. The molecule has 25 heavy (non-hydrogen) atoms. The first-order valence-electron chi connectivity index (χ1n) is 8.40. The van der Waals surface area contributed by atoms with E-state index in [9.17, 15) is 9.59 Å². The Morgan fingerprint density at radius 3 is 2.64 bits per heavy atom. The quantitative estimate of drug-likeness (QED) is 0.742. The minimum absolute atomic E-state index is 0.0402. The van der Waals surface area contributed by atoms with Gasteiger partial charge in [0.25, 0.3) is 0 Å². The van der Waals surface area contributed by atoms with Gasteiger partial charge < -0.3 is 14.2 Å². The van der Waals surface area contributed by atoms with E-state index in [1.165, 1.54) is 13.8 Å². The van der Waals surface area contributed by atoms with Gasteiger partial charge in [0.15, 0.2) is 6.10 Å². The van der Waals surface area contributed by atoms with Crippen molar-refractivity contribution >= 4 is 11.9 Å². The van der Waals surface area contributed by atoms with Gasteiger partial charge >= 0.3 is 11.9 Å². The first-order chi connectivity index (χ1) is 12.0. The lowest BCUT2D eigenvalue weighted by Gasteiger charge is -2.37. The van der Waals surface area contributed by atoms with Crippen molar-refractivity contribution in [3.63, 3.8) is 0 Å². The van der Waals surface area contributed by atoms with Crippen LogP contribution < -0.4 is 0 Å². The monoisotopic (exact) mass is 349 g/mol. The Morgan fingerprint density at radius 1 is 1.20 bits per heavy atom. The van der Waals surface area contributed by atoms with Crippen LogP contribution in [0.15, 0.2) is 30.3 Å². The molecular formula is C18H23NO6. The summed E-state index contributed by atoms with van der Waals surface area (Å²) in [4.78, 5) is 28.6. The van der Waals surface area contributed by atoms with E-state index in [1.54, 1.807) is 0 Å². The predicted molar refractivity (Wildman–Crippen MR) is 87.1 cm³/mol. The summed E-state index contributed by atoms with van der Waals surface area (Å²) >= 11 is 0. The van der Waals surface area contributed by atoms with Crippen LogP contribution in [-0.4, -0.2) is 55.1 Å². The van der Waals surface area contributed by atoms with Crippen LogP contribution in [0.1, 0.15) is 19.4 Å². The number of carbonyl (C=O) groups excluding carboxylic acids is 2. The van der Waals surface area contributed by atoms with Gasteiger partial charge in [0.05, 0.1) is 6.61 Å². The molecular weight excluding hydrogens is 326 g/mol. The number of ether oxygens (including phenoxy) is 3. The molecule has 2 saturated heterocycles. The highest BCUT2D eigenvalue weighted by molar-refractivity contribution is 5.66. The second-order valence-electron chi connectivity index (χ2n) is 6.39. The van der Waals surface area contributed by atoms with Crippen molar-refractivity contribution in [1.82, 2.24) is 5.06 Å². The average molecular weight is 349 g/mol. The summed E-state index contributed by atoms with van der Waals surface area (Å²) in [6.07, 6.45) is -1.43. The van der Waals surface area contributed by atoms with E-state index in [1.807, 2.05) is 35.4 Å². The molecule has 0 unspecified atom stereocenters. The van der Waals surface area contributed by atoms with Gasteiger partial charge in [0.1, 0.15) is 18.8 Å². The van der Waals surface area contributed by atoms with Crippen molar-refractivity contribution in [3.05, 3.63) is 35.9 Å². The maximum atomic E-state index is 11.5. The number of fused-ring (bicyclic) bond motifs is 1. The predicted octanol–water partition coefficient (Wildman–Crippen LogP) is 1.31. The molecule has 2 aliphatic heterocycles. The third-order valence-electron chi connectivity index (χ3n) is 4.34. The third kappa shape index (κ3) is 4.56. The highest BCUT2D eigenvalue weighted by Gasteiger charge is 2.49. The van der Waals surface area contributed by atoms with E-state index in [2.05, 4.69) is 0 Å². The van der Waals surface area contributed by atoms with Gasteiger partial charge in [0.2, 0.25) is 0 Å². The number of carbonyl (C=O) groups is 2. The van der Waals surface area contributed by atoms with Crippen molar-refractivity contribution < 1.29 is 28.6 Å². The number of hydrogen-bond donors (Lipinski definition) is 0. The Morgan fingerprint density at radius 2 is 1.96 bits per heavy atom. The standard InChI is InChI=1S/C18H23NO6/c1-12(20)22-11-16-18(24-13(2)21)17-15(10-23-16)9-19(25-17)8-14-6-4-3-5-7-14/h3-7,15-18H,8-11H2,1-2H3/t15-,16+,17-,18-/m0/s1. The topological polar surface area (TPSA) is 74.3 Å². The Hall–Kier alpha value is -1.96. The number of benzene rings is 1. The van der Waals surface area contributed by atoms with Crippen molar-refractivity contribution in [3.8, 4) is 0 Å². The molecule has 0 bridgehead atoms. The first kappa shape index (κ1) is 17.8. The number of hydroxylamine groups is 2. The van der Waals surface area contributed by atoms with E-state index in [-0.39, 0.29) is 18.6 Å². The van der Waals surface area contributed by atoms with Crippen LogP contribution in [0.3, 0.4) is 0 Å². The first-order valence-corrected chi connectivity index (χ1v) is 8.40. The van der Waals surface area contributed by atoms with Crippen molar-refractivity contribution in [2.45, 2.75) is 38.7 Å². The largest absolute Gasteiger partial charge is 0.463 e. The van der Waals surface area contributed by atoms with Gasteiger partial charge in [-0.15, -0.1) is 0 Å². The summed E-state index contributed by atoms with van der Waals surface area (Å²) in [5.74, 6) is -0.709. The molecule has 4 atom stereocenters. The summed E-state index contributed by atoms with van der Waals surface area (Å²) in [6.45, 7) is 4.54. The maximum absolute atomic E-state index is 11.5. The molecule has 1 aromatic rings. The van der Waals surface area contributed by atoms with Gasteiger partial charge in [-0.25, -0.2) is 0 Å². The van der Waals surface area contributed by atoms with Crippen molar-refractivity contribution in [1.29, 1.82) is 0 Å². The van der Waals surface area contributed by atoms with Gasteiger partial charge in [-0.05, 0) is 5.56 Å². The summed E-state index contributed by atoms with van der Waals surface area (Å²) in [5, 5.41) is 1.87. The van der Waals surface area contributed by atoms with Crippen LogP contribution >= 0.6 is 0 Å². The van der Waals surface area contributed by atoms with E-state index >= 15 is 0 Å². The number of rotatable bonds is 5. The van der Waals surface area contributed by atoms with Crippen molar-refractivity contribution in [2.75, 3.05) is 19.8 Å². The van der Waals surface area contributed by atoms with E-state index in [4.69, 9.17) is 19.0 Å². The van der Waals surface area contributed by atoms with Gasteiger partial charge in [0, 0.05) is 32.9 Å². The fourth-order valence-electron chi connectivity index (χ4n) is 3.26. The third-order valence-corrected chi connectivity index (χ3v) is 4.34. The smallest absolute Gasteiger partial charge is 0.303 e. The molecule has 0 spiro atoms. The van der Waals surface area contributed by atoms with Crippen LogP contribution in [0, 0.1) is 5.92 Å². The van der Waals surface area contributed by atoms with E-state index in [0.29, 0.717) is 19.7 Å². The number of esters is 2. The van der Waals surface area contributed by atoms with Crippen LogP contribution in [0.5, 0.6) is 0 Å². The maximum Gasteiger partial charge on any atom is 0.303 e. The molecule has 2 fully saturated rings. The Balaban J connectivity index is 1.67. The molecule has 0 radical (unpaired) electrons. The van der Waals surface area contributed by atoms with Gasteiger partial charge in [-0.2, -0.15) is 5.06 Å². The lowest BCUT2D eigenvalue weighted by Crippen LogP contribution is -2.53. The highest BCUT2D eigenvalue weighted by Crippen LogP contribution is 2.33. The summed E-state index contributed by atoms with van der Waals surface area (Å²) in [6, 6.07) is 10.0. The highest BCUT2D eigenvalue weighted by atomic mass is 16.7. The van der Waals surface area contributed by atoms with Crippen LogP contribution in [0.4, 0.5) is 0 Å². The zero-order valence-electron chi connectivity index (χ0n) is 14.4. The molecule has 3 rings (SSSR count). The lowest BCUT2D eigenvalue weighted by molar-refractivity contribution is -0.232. The second kappa shape index (κ2) is 7.95. The minimum Gasteiger partial charge on any atom is -0.463 e. The zero-order valence-corrected chi connectivity index (χ0v) is 14.4. The molecule has 0 aromatic heterocycles. The van der Waals surface area contributed by atoms with E-state index in [0.717, 1.165) is 5.56 Å². The van der Waals surface area contributed by atoms with Gasteiger partial charge in [-0.3, -0.25) is 14.4 Å². The fourth-order valence-corrected chi connectivity index (χ4v) is 3.26. The molecule has 1 aromatic carbocycles. The lowest BCUT2D eigenvalue weighted by atomic mass is 9.93. The molecule has 0 saturated carbocycles. The number of hydrogen-bond acceptors (Lipinski definition) is 7. The molecule has 7 nitrogen and oxygen atoms in total.